The zero-order chi connectivity index (χ0) is 13.2. The molecule has 1 aliphatic carbocycles. The number of hydrogen-bond donors (Lipinski definition) is 1. The number of aromatic nitrogens is 1. The van der Waals surface area contributed by atoms with Crippen LogP contribution in [0.1, 0.15) is 34.5 Å². The van der Waals surface area contributed by atoms with Crippen LogP contribution in [0, 0.1) is 0 Å². The van der Waals surface area contributed by atoms with Crippen molar-refractivity contribution in [3.05, 3.63) is 15.6 Å². The monoisotopic (exact) mass is 281 g/mol. The van der Waals surface area contributed by atoms with Gasteiger partial charge >= 0.3 is 6.18 Å². The van der Waals surface area contributed by atoms with Crippen LogP contribution in [0.4, 0.5) is 13.2 Å². The fourth-order valence-corrected chi connectivity index (χ4v) is 3.05. The van der Waals surface area contributed by atoms with E-state index < -0.39 is 18.9 Å². The Morgan fingerprint density at radius 3 is 2.89 bits per heavy atom. The number of ether oxygens (including phenoxy) is 1. The number of aryl methyl sites for hydroxylation is 1. The molecular formula is C11H14F3NO2S. The molecule has 1 heterocycles. The molecule has 7 heteroatoms. The first-order chi connectivity index (χ1) is 8.46. The van der Waals surface area contributed by atoms with Gasteiger partial charge in [-0.05, 0) is 19.3 Å². The van der Waals surface area contributed by atoms with Crippen LogP contribution >= 0.6 is 11.3 Å². The van der Waals surface area contributed by atoms with Crippen LogP contribution in [0.2, 0.25) is 0 Å². The van der Waals surface area contributed by atoms with Crippen molar-refractivity contribution in [3.8, 4) is 0 Å². The Bertz CT molecular complexity index is 405. The molecule has 0 saturated heterocycles. The molecule has 0 radical (unpaired) electrons. The molecule has 1 aromatic heterocycles. The van der Waals surface area contributed by atoms with Gasteiger partial charge in [0.2, 0.25) is 0 Å². The first kappa shape index (κ1) is 13.8. The number of nitrogens with zero attached hydrogens (tertiary/aromatic N) is 1. The van der Waals surface area contributed by atoms with Crippen molar-refractivity contribution < 1.29 is 23.0 Å². The topological polar surface area (TPSA) is 42.4 Å². The fourth-order valence-electron chi connectivity index (χ4n) is 1.90. The van der Waals surface area contributed by atoms with Crippen LogP contribution in [0.3, 0.4) is 0 Å². The van der Waals surface area contributed by atoms with Gasteiger partial charge in [0.1, 0.15) is 6.61 Å². The number of aliphatic hydroxyl groups is 1. The second-order valence-electron chi connectivity index (χ2n) is 4.24. The Hall–Kier alpha value is -0.660. The van der Waals surface area contributed by atoms with Gasteiger partial charge in [-0.2, -0.15) is 13.2 Å². The summed E-state index contributed by atoms with van der Waals surface area (Å²) in [6, 6.07) is 0. The minimum absolute atomic E-state index is 0.00198. The summed E-state index contributed by atoms with van der Waals surface area (Å²) in [6.45, 7) is -1.22. The molecule has 2 rings (SSSR count). The lowest BCUT2D eigenvalue weighted by Gasteiger charge is -2.14. The largest absolute Gasteiger partial charge is 0.411 e. The Balaban J connectivity index is 1.84. The highest BCUT2D eigenvalue weighted by molar-refractivity contribution is 7.11. The van der Waals surface area contributed by atoms with E-state index in [0.29, 0.717) is 18.5 Å². The lowest BCUT2D eigenvalue weighted by atomic mass is 10.0. The highest BCUT2D eigenvalue weighted by Gasteiger charge is 2.27. The average molecular weight is 281 g/mol. The van der Waals surface area contributed by atoms with Crippen LogP contribution in [0.15, 0.2) is 0 Å². The number of alkyl halides is 3. The number of hydrogen-bond acceptors (Lipinski definition) is 4. The summed E-state index contributed by atoms with van der Waals surface area (Å²) in [5.41, 5.74) is 0.706. The number of aliphatic hydroxyl groups excluding tert-OH is 1. The third-order valence-corrected chi connectivity index (χ3v) is 3.89. The second-order valence-corrected chi connectivity index (χ2v) is 5.41. The van der Waals surface area contributed by atoms with Crippen molar-refractivity contribution in [1.82, 2.24) is 4.98 Å². The van der Waals surface area contributed by atoms with E-state index in [2.05, 4.69) is 9.72 Å². The zero-order valence-electron chi connectivity index (χ0n) is 9.66. The maximum absolute atomic E-state index is 11.8. The van der Waals surface area contributed by atoms with E-state index in [4.69, 9.17) is 0 Å². The van der Waals surface area contributed by atoms with Gasteiger partial charge in [-0.1, -0.05) is 0 Å². The van der Waals surface area contributed by atoms with Crippen molar-refractivity contribution in [3.63, 3.8) is 0 Å². The Kier molecular flexibility index (Phi) is 4.24. The molecule has 0 bridgehead atoms. The van der Waals surface area contributed by atoms with Crippen LogP contribution < -0.4 is 0 Å². The average Bonchev–Trinajstić information content (AvgIpc) is 2.68. The van der Waals surface area contributed by atoms with E-state index in [1.165, 1.54) is 11.3 Å². The highest BCUT2D eigenvalue weighted by Crippen LogP contribution is 2.33. The maximum atomic E-state index is 11.8. The lowest BCUT2D eigenvalue weighted by molar-refractivity contribution is -0.173. The second kappa shape index (κ2) is 5.54. The van der Waals surface area contributed by atoms with Gasteiger partial charge in [0, 0.05) is 11.3 Å². The molecule has 1 aromatic rings. The van der Waals surface area contributed by atoms with E-state index in [9.17, 15) is 18.3 Å². The van der Waals surface area contributed by atoms with Crippen LogP contribution in [0.5, 0.6) is 0 Å². The minimum atomic E-state index is -4.28. The first-order valence-corrected chi connectivity index (χ1v) is 6.58. The summed E-state index contributed by atoms with van der Waals surface area (Å²) in [4.78, 5) is 5.33. The normalized spacial score (nSPS) is 19.9. The molecule has 3 nitrogen and oxygen atoms in total. The number of rotatable bonds is 4. The van der Waals surface area contributed by atoms with E-state index in [0.717, 1.165) is 22.7 Å². The van der Waals surface area contributed by atoms with Crippen LogP contribution in [-0.2, 0) is 17.6 Å². The van der Waals surface area contributed by atoms with Gasteiger partial charge in [0.15, 0.2) is 0 Å². The zero-order valence-corrected chi connectivity index (χ0v) is 10.5. The molecule has 0 aliphatic heterocycles. The predicted molar refractivity (Wildman–Crippen MR) is 60.6 cm³/mol. The SMILES string of the molecule is OC1CCCc2sc(CCOCC(F)(F)F)nc21. The molecule has 1 atom stereocenters. The molecule has 0 saturated carbocycles. The molecule has 1 unspecified atom stereocenters. The molecule has 0 amide bonds. The summed E-state index contributed by atoms with van der Waals surface area (Å²) in [5.74, 6) is 0. The maximum Gasteiger partial charge on any atom is 0.411 e. The van der Waals surface area contributed by atoms with Gasteiger partial charge in [-0.3, -0.25) is 0 Å². The number of thiazole rings is 1. The summed E-state index contributed by atoms with van der Waals surface area (Å²) in [5, 5.41) is 10.5. The van der Waals surface area contributed by atoms with Gasteiger partial charge in [-0.25, -0.2) is 4.98 Å². The Morgan fingerprint density at radius 1 is 1.44 bits per heavy atom. The van der Waals surface area contributed by atoms with Gasteiger partial charge in [-0.15, -0.1) is 11.3 Å². The molecule has 1 aliphatic rings. The summed E-state index contributed by atoms with van der Waals surface area (Å²) >= 11 is 1.46. The molecule has 0 aromatic carbocycles. The molecule has 0 fully saturated rings. The number of fused-ring (bicyclic) bond motifs is 1. The van der Waals surface area contributed by atoms with E-state index in [1.54, 1.807) is 0 Å². The van der Waals surface area contributed by atoms with Gasteiger partial charge in [0.05, 0.1) is 23.4 Å². The summed E-state index contributed by atoms with van der Waals surface area (Å²) < 4.78 is 40.1. The standard InChI is InChI=1S/C11H14F3NO2S/c12-11(13,14)6-17-5-4-9-15-10-7(16)2-1-3-8(10)18-9/h7,16H,1-6H2. The number of halogens is 3. The Labute approximate surface area is 107 Å². The molecule has 102 valence electrons. The minimum Gasteiger partial charge on any atom is -0.387 e. The first-order valence-electron chi connectivity index (χ1n) is 5.77. The molecule has 18 heavy (non-hydrogen) atoms. The quantitative estimate of drug-likeness (QED) is 0.863. The molecule has 0 spiro atoms. The third kappa shape index (κ3) is 3.66. The van der Waals surface area contributed by atoms with E-state index in [1.807, 2.05) is 0 Å². The Morgan fingerprint density at radius 2 is 2.22 bits per heavy atom. The third-order valence-electron chi connectivity index (χ3n) is 2.69. The lowest BCUT2D eigenvalue weighted by Crippen LogP contribution is -2.17. The van der Waals surface area contributed by atoms with Crippen molar-refractivity contribution in [2.75, 3.05) is 13.2 Å². The van der Waals surface area contributed by atoms with Crippen LogP contribution in [-0.4, -0.2) is 29.5 Å². The molecular weight excluding hydrogens is 267 g/mol. The summed E-state index contributed by atoms with van der Waals surface area (Å²) in [6.07, 6.45) is -1.90. The van der Waals surface area contributed by atoms with Crippen molar-refractivity contribution in [2.45, 2.75) is 38.0 Å². The van der Waals surface area contributed by atoms with Gasteiger partial charge in [0.25, 0.3) is 0 Å². The smallest absolute Gasteiger partial charge is 0.387 e. The van der Waals surface area contributed by atoms with Gasteiger partial charge < -0.3 is 9.84 Å². The molecule has 1 N–H and O–H groups in total. The fraction of sp³-hybridized carbons (Fsp3) is 0.727. The van der Waals surface area contributed by atoms with E-state index >= 15 is 0 Å². The van der Waals surface area contributed by atoms with Crippen molar-refractivity contribution >= 4 is 11.3 Å². The predicted octanol–water partition coefficient (Wildman–Crippen LogP) is 2.63. The highest BCUT2D eigenvalue weighted by atomic mass is 32.1. The van der Waals surface area contributed by atoms with Crippen molar-refractivity contribution in [2.24, 2.45) is 0 Å². The van der Waals surface area contributed by atoms with Crippen LogP contribution in [0.25, 0.3) is 0 Å². The van der Waals surface area contributed by atoms with E-state index in [-0.39, 0.29) is 6.61 Å². The summed E-state index contributed by atoms with van der Waals surface area (Å²) in [7, 11) is 0. The van der Waals surface area contributed by atoms with Crippen molar-refractivity contribution in [1.29, 1.82) is 0 Å².